The molecule has 1 unspecified atom stereocenters. The molecular weight excluding hydrogens is 347 g/mol. The van der Waals surface area contributed by atoms with Crippen molar-refractivity contribution in [3.05, 3.63) is 101 Å². The van der Waals surface area contributed by atoms with Crippen LogP contribution in [0.5, 0.6) is 0 Å². The molecule has 2 amide bonds. The zero-order valence-electron chi connectivity index (χ0n) is 14.2. The van der Waals surface area contributed by atoms with E-state index in [0.717, 1.165) is 11.6 Å². The molecule has 0 spiro atoms. The van der Waals surface area contributed by atoms with Gasteiger partial charge in [-0.15, -0.1) is 0 Å². The van der Waals surface area contributed by atoms with Gasteiger partial charge in [-0.25, -0.2) is 9.87 Å². The van der Waals surface area contributed by atoms with Crippen LogP contribution in [0.4, 0.5) is 10.1 Å². The Hall–Kier alpha value is -3.51. The molecule has 0 aliphatic carbocycles. The van der Waals surface area contributed by atoms with Crippen LogP contribution in [0.25, 0.3) is 0 Å². The maximum absolute atomic E-state index is 13.2. The first-order valence-electron chi connectivity index (χ1n) is 8.24. The lowest BCUT2D eigenvalue weighted by Gasteiger charge is -2.16. The molecule has 0 aliphatic rings. The number of carbonyl (C=O) groups is 2. The molecule has 0 saturated carbocycles. The quantitative estimate of drug-likeness (QED) is 0.477. The molecule has 3 aromatic rings. The molecule has 3 aromatic carbocycles. The maximum Gasteiger partial charge on any atom is 0.255 e. The highest BCUT2D eigenvalue weighted by molar-refractivity contribution is 6.04. The third-order valence-electron chi connectivity index (χ3n) is 4.09. The fraction of sp³-hybridized carbons (Fsp3) is 0.0476. The molecule has 6 heteroatoms. The Morgan fingerprint density at radius 2 is 1.52 bits per heavy atom. The van der Waals surface area contributed by atoms with Gasteiger partial charge in [-0.2, -0.15) is 0 Å². The summed E-state index contributed by atoms with van der Waals surface area (Å²) in [4.78, 5) is 24.3. The van der Waals surface area contributed by atoms with Gasteiger partial charge in [0.25, 0.3) is 11.8 Å². The zero-order chi connectivity index (χ0) is 19.2. The summed E-state index contributed by atoms with van der Waals surface area (Å²) in [6, 6.07) is 21.1. The molecule has 3 rings (SSSR count). The number of nitrogens with one attached hydrogen (secondary N) is 2. The van der Waals surface area contributed by atoms with E-state index >= 15 is 0 Å². The molecule has 0 saturated heterocycles. The van der Waals surface area contributed by atoms with E-state index in [0.29, 0.717) is 11.3 Å². The normalized spacial score (nSPS) is 11.5. The van der Waals surface area contributed by atoms with Gasteiger partial charge >= 0.3 is 0 Å². The van der Waals surface area contributed by atoms with Crippen LogP contribution >= 0.6 is 0 Å². The largest absolute Gasteiger partial charge is 0.322 e. The van der Waals surface area contributed by atoms with Gasteiger partial charge in [-0.3, -0.25) is 14.8 Å². The van der Waals surface area contributed by atoms with Crippen LogP contribution in [0, 0.1) is 5.82 Å². The Balaban J connectivity index is 1.81. The second-order valence-corrected chi connectivity index (χ2v) is 5.91. The van der Waals surface area contributed by atoms with Crippen molar-refractivity contribution >= 4 is 17.5 Å². The highest BCUT2D eigenvalue weighted by Crippen LogP contribution is 2.26. The molecule has 3 N–H and O–H groups in total. The summed E-state index contributed by atoms with van der Waals surface area (Å²) in [5.74, 6) is -2.17. The predicted octanol–water partition coefficient (Wildman–Crippen LogP) is 3.72. The second kappa shape index (κ2) is 8.25. The van der Waals surface area contributed by atoms with Gasteiger partial charge in [-0.05, 0) is 41.5 Å². The Kier molecular flexibility index (Phi) is 5.58. The van der Waals surface area contributed by atoms with Gasteiger partial charge in [0, 0.05) is 11.3 Å². The number of hydroxylamine groups is 1. The minimum Gasteiger partial charge on any atom is -0.322 e. The van der Waals surface area contributed by atoms with E-state index in [-0.39, 0.29) is 5.56 Å². The summed E-state index contributed by atoms with van der Waals surface area (Å²) in [5.41, 5.74) is 3.78. The first kappa shape index (κ1) is 18.3. The summed E-state index contributed by atoms with van der Waals surface area (Å²) in [6.45, 7) is 0. The number of carbonyl (C=O) groups excluding carboxylic acids is 2. The fourth-order valence-electron chi connectivity index (χ4n) is 2.80. The third-order valence-corrected chi connectivity index (χ3v) is 4.09. The molecule has 0 aliphatic heterocycles. The van der Waals surface area contributed by atoms with Crippen LogP contribution in [0.15, 0.2) is 78.9 Å². The molecule has 136 valence electrons. The molecule has 0 bridgehead atoms. The van der Waals surface area contributed by atoms with Crippen LogP contribution in [-0.4, -0.2) is 17.0 Å². The molecule has 5 nitrogen and oxygen atoms in total. The Labute approximate surface area is 155 Å². The van der Waals surface area contributed by atoms with E-state index in [1.165, 1.54) is 18.2 Å². The first-order chi connectivity index (χ1) is 13.1. The highest BCUT2D eigenvalue weighted by Gasteiger charge is 2.22. The monoisotopic (exact) mass is 364 g/mol. The predicted molar refractivity (Wildman–Crippen MR) is 99.0 cm³/mol. The van der Waals surface area contributed by atoms with Gasteiger partial charge < -0.3 is 5.32 Å². The Bertz CT molecular complexity index is 943. The Morgan fingerprint density at radius 3 is 2.15 bits per heavy atom. The van der Waals surface area contributed by atoms with E-state index in [9.17, 15) is 14.0 Å². The lowest BCUT2D eigenvalue weighted by atomic mass is 9.90. The topological polar surface area (TPSA) is 78.4 Å². The third kappa shape index (κ3) is 4.37. The minimum absolute atomic E-state index is 0.209. The van der Waals surface area contributed by atoms with Crippen molar-refractivity contribution in [2.24, 2.45) is 0 Å². The minimum atomic E-state index is -0.691. The molecule has 1 atom stereocenters. The number of benzene rings is 3. The van der Waals surface area contributed by atoms with Crippen LogP contribution in [0.2, 0.25) is 0 Å². The fourth-order valence-corrected chi connectivity index (χ4v) is 2.80. The average Bonchev–Trinajstić information content (AvgIpc) is 2.70. The molecular formula is C21H17FN2O3. The van der Waals surface area contributed by atoms with Gasteiger partial charge in [0.15, 0.2) is 0 Å². The first-order valence-corrected chi connectivity index (χ1v) is 8.24. The molecule has 0 aromatic heterocycles. The summed E-state index contributed by atoms with van der Waals surface area (Å²) in [7, 11) is 0. The summed E-state index contributed by atoms with van der Waals surface area (Å²) in [6.07, 6.45) is 0. The highest BCUT2D eigenvalue weighted by atomic mass is 19.1. The van der Waals surface area contributed by atoms with E-state index in [4.69, 9.17) is 5.21 Å². The average molecular weight is 364 g/mol. The molecule has 0 radical (unpaired) electrons. The van der Waals surface area contributed by atoms with Crippen molar-refractivity contribution in [2.75, 3.05) is 5.32 Å². The summed E-state index contributed by atoms with van der Waals surface area (Å²) >= 11 is 0. The number of amides is 2. The second-order valence-electron chi connectivity index (χ2n) is 5.91. The number of halogens is 1. The van der Waals surface area contributed by atoms with E-state index in [1.807, 2.05) is 6.07 Å². The van der Waals surface area contributed by atoms with Crippen molar-refractivity contribution in [3.8, 4) is 0 Å². The van der Waals surface area contributed by atoms with Crippen LogP contribution in [0.3, 0.4) is 0 Å². The maximum atomic E-state index is 13.2. The smallest absolute Gasteiger partial charge is 0.255 e. The molecule has 27 heavy (non-hydrogen) atoms. The lowest BCUT2D eigenvalue weighted by molar-refractivity contribution is -0.129. The SMILES string of the molecule is O=C(Nc1ccc(C(C(=O)NO)c2ccccc2)cc1)c1cccc(F)c1. The van der Waals surface area contributed by atoms with E-state index in [1.54, 1.807) is 54.0 Å². The number of rotatable bonds is 5. The molecule has 0 heterocycles. The summed E-state index contributed by atoms with van der Waals surface area (Å²) < 4.78 is 13.2. The van der Waals surface area contributed by atoms with E-state index in [2.05, 4.69) is 5.32 Å². The molecule has 0 fully saturated rings. The standard InChI is InChI=1S/C21H17FN2O3/c22-17-8-4-7-16(13-17)20(25)23-18-11-9-15(10-12-18)19(21(26)24-27)14-5-2-1-3-6-14/h1-13,19,27H,(H,23,25)(H,24,26). The van der Waals surface area contributed by atoms with Crippen LogP contribution in [-0.2, 0) is 4.79 Å². The van der Waals surface area contributed by atoms with E-state index < -0.39 is 23.5 Å². The number of hydrogen-bond donors (Lipinski definition) is 3. The van der Waals surface area contributed by atoms with Crippen molar-refractivity contribution < 1.29 is 19.2 Å². The van der Waals surface area contributed by atoms with Crippen LogP contribution in [0.1, 0.15) is 27.4 Å². The van der Waals surface area contributed by atoms with Gasteiger partial charge in [0.05, 0.1) is 5.92 Å². The summed E-state index contributed by atoms with van der Waals surface area (Å²) in [5, 5.41) is 11.7. The number of anilines is 1. The van der Waals surface area contributed by atoms with Gasteiger partial charge in [0.1, 0.15) is 5.82 Å². The van der Waals surface area contributed by atoms with Gasteiger partial charge in [-0.1, -0.05) is 48.5 Å². The van der Waals surface area contributed by atoms with Crippen molar-refractivity contribution in [1.29, 1.82) is 0 Å². The van der Waals surface area contributed by atoms with Crippen molar-refractivity contribution in [1.82, 2.24) is 5.48 Å². The van der Waals surface area contributed by atoms with Crippen molar-refractivity contribution in [3.63, 3.8) is 0 Å². The number of hydrogen-bond acceptors (Lipinski definition) is 3. The zero-order valence-corrected chi connectivity index (χ0v) is 14.2. The Morgan fingerprint density at radius 1 is 0.852 bits per heavy atom. The van der Waals surface area contributed by atoms with Crippen molar-refractivity contribution in [2.45, 2.75) is 5.92 Å². The lowest BCUT2D eigenvalue weighted by Crippen LogP contribution is -2.27. The van der Waals surface area contributed by atoms with Gasteiger partial charge in [0.2, 0.25) is 0 Å². The van der Waals surface area contributed by atoms with Crippen LogP contribution < -0.4 is 10.8 Å².